The summed E-state index contributed by atoms with van der Waals surface area (Å²) in [5.41, 5.74) is 3.57. The lowest BCUT2D eigenvalue weighted by molar-refractivity contribution is 0.181. The molecular formula is C11H12O. The van der Waals surface area contributed by atoms with E-state index < -0.39 is 6.10 Å². The fraction of sp³-hybridized carbons (Fsp3) is 0.182. The summed E-state index contributed by atoms with van der Waals surface area (Å²) in [6, 6.07) is 9.56. The molecular weight excluding hydrogens is 148 g/mol. The monoisotopic (exact) mass is 160 g/mol. The van der Waals surface area contributed by atoms with Crippen molar-refractivity contribution in [2.24, 2.45) is 0 Å². The molecule has 0 aliphatic rings. The first-order valence-corrected chi connectivity index (χ1v) is 3.92. The fourth-order valence-corrected chi connectivity index (χ4v) is 1.01. The summed E-state index contributed by atoms with van der Waals surface area (Å²) in [6.07, 6.45) is 1.88. The van der Waals surface area contributed by atoms with Gasteiger partial charge in [0.1, 0.15) is 0 Å². The molecule has 1 rings (SSSR count). The zero-order valence-corrected chi connectivity index (χ0v) is 6.90. The molecule has 0 spiro atoms. The molecule has 0 radical (unpaired) electrons. The van der Waals surface area contributed by atoms with Crippen LogP contribution in [0.5, 0.6) is 0 Å². The van der Waals surface area contributed by atoms with Crippen molar-refractivity contribution >= 4 is 0 Å². The normalized spacial score (nSPS) is 11.8. The Labute approximate surface area is 72.7 Å². The van der Waals surface area contributed by atoms with Crippen LogP contribution in [0.25, 0.3) is 0 Å². The predicted octanol–water partition coefficient (Wildman–Crippen LogP) is 2.45. The maximum Gasteiger partial charge on any atom is 0.0830 e. The molecule has 12 heavy (non-hydrogen) atoms. The molecule has 0 saturated carbocycles. The molecule has 1 atom stereocenters. The maximum absolute atomic E-state index is 9.55. The van der Waals surface area contributed by atoms with Crippen LogP contribution in [0.2, 0.25) is 0 Å². The van der Waals surface area contributed by atoms with Crippen molar-refractivity contribution in [1.82, 2.24) is 0 Å². The first-order valence-electron chi connectivity index (χ1n) is 3.92. The van der Waals surface area contributed by atoms with Gasteiger partial charge in [-0.3, -0.25) is 0 Å². The standard InChI is InChI=1S/C11H12O/c1-2-3-9-11(12)10-7-5-4-6-8-10/h3-8,11-12H,1,9H2/t11-/m1/s1. The first kappa shape index (κ1) is 8.79. The predicted molar refractivity (Wildman–Crippen MR) is 49.7 cm³/mol. The smallest absolute Gasteiger partial charge is 0.0830 e. The summed E-state index contributed by atoms with van der Waals surface area (Å²) in [7, 11) is 0. The minimum Gasteiger partial charge on any atom is -0.388 e. The average Bonchev–Trinajstić information content (AvgIpc) is 2.15. The third-order valence-corrected chi connectivity index (χ3v) is 1.67. The van der Waals surface area contributed by atoms with Crippen LogP contribution in [0.3, 0.4) is 0 Å². The SMILES string of the molecule is C=C=CC[C@@H](O)c1ccccc1. The molecule has 1 aromatic rings. The third-order valence-electron chi connectivity index (χ3n) is 1.67. The number of hydrogen-bond donors (Lipinski definition) is 1. The van der Waals surface area contributed by atoms with Crippen LogP contribution in [0.15, 0.2) is 48.7 Å². The highest BCUT2D eigenvalue weighted by Crippen LogP contribution is 2.15. The zero-order chi connectivity index (χ0) is 8.81. The van der Waals surface area contributed by atoms with E-state index in [4.69, 9.17) is 0 Å². The van der Waals surface area contributed by atoms with Gasteiger partial charge < -0.3 is 5.11 Å². The van der Waals surface area contributed by atoms with E-state index in [0.717, 1.165) is 5.56 Å². The Hall–Kier alpha value is -1.30. The summed E-state index contributed by atoms with van der Waals surface area (Å²) in [5.74, 6) is 0. The van der Waals surface area contributed by atoms with Crippen molar-refractivity contribution in [1.29, 1.82) is 0 Å². The van der Waals surface area contributed by atoms with Crippen molar-refractivity contribution in [3.05, 3.63) is 54.3 Å². The van der Waals surface area contributed by atoms with Gasteiger partial charge in [-0.2, -0.15) is 0 Å². The van der Waals surface area contributed by atoms with Gasteiger partial charge in [0.2, 0.25) is 0 Å². The molecule has 0 aliphatic heterocycles. The van der Waals surface area contributed by atoms with Crippen LogP contribution in [0.1, 0.15) is 18.1 Å². The summed E-state index contributed by atoms with van der Waals surface area (Å²) >= 11 is 0. The van der Waals surface area contributed by atoms with E-state index in [1.807, 2.05) is 30.3 Å². The zero-order valence-electron chi connectivity index (χ0n) is 6.90. The Kier molecular flexibility index (Phi) is 3.34. The quantitative estimate of drug-likeness (QED) is 0.673. The summed E-state index contributed by atoms with van der Waals surface area (Å²) < 4.78 is 0. The van der Waals surface area contributed by atoms with Crippen LogP contribution in [-0.2, 0) is 0 Å². The maximum atomic E-state index is 9.55. The van der Waals surface area contributed by atoms with Crippen molar-refractivity contribution < 1.29 is 5.11 Å². The van der Waals surface area contributed by atoms with Gasteiger partial charge in [0.15, 0.2) is 0 Å². The molecule has 0 aliphatic carbocycles. The van der Waals surface area contributed by atoms with Gasteiger partial charge in [-0.1, -0.05) is 36.9 Å². The lowest BCUT2D eigenvalue weighted by Gasteiger charge is -2.06. The first-order chi connectivity index (χ1) is 5.84. The second-order valence-electron chi connectivity index (χ2n) is 2.57. The second-order valence-corrected chi connectivity index (χ2v) is 2.57. The topological polar surface area (TPSA) is 20.2 Å². The van der Waals surface area contributed by atoms with Gasteiger partial charge in [-0.05, 0) is 11.6 Å². The van der Waals surface area contributed by atoms with Crippen LogP contribution < -0.4 is 0 Å². The number of aliphatic hydroxyl groups excluding tert-OH is 1. The average molecular weight is 160 g/mol. The highest BCUT2D eigenvalue weighted by atomic mass is 16.3. The Morgan fingerprint density at radius 2 is 2.08 bits per heavy atom. The van der Waals surface area contributed by atoms with Crippen molar-refractivity contribution in [3.63, 3.8) is 0 Å². The van der Waals surface area contributed by atoms with Gasteiger partial charge in [0.25, 0.3) is 0 Å². The van der Waals surface area contributed by atoms with Crippen LogP contribution >= 0.6 is 0 Å². The van der Waals surface area contributed by atoms with Crippen LogP contribution in [-0.4, -0.2) is 5.11 Å². The molecule has 1 N–H and O–H groups in total. The molecule has 0 unspecified atom stereocenters. The summed E-state index contributed by atoms with van der Waals surface area (Å²) in [4.78, 5) is 0. The summed E-state index contributed by atoms with van der Waals surface area (Å²) in [5, 5.41) is 9.55. The van der Waals surface area contributed by atoms with Crippen molar-refractivity contribution in [2.45, 2.75) is 12.5 Å². The number of rotatable bonds is 3. The number of hydrogen-bond acceptors (Lipinski definition) is 1. The molecule has 0 amide bonds. The minimum atomic E-state index is -0.430. The highest BCUT2D eigenvalue weighted by molar-refractivity contribution is 5.17. The number of benzene rings is 1. The van der Waals surface area contributed by atoms with E-state index in [1.165, 1.54) is 0 Å². The number of aliphatic hydroxyl groups is 1. The van der Waals surface area contributed by atoms with E-state index in [9.17, 15) is 5.11 Å². The molecule has 0 aromatic heterocycles. The molecule has 62 valence electrons. The largest absolute Gasteiger partial charge is 0.388 e. The Bertz CT molecular complexity index is 270. The Balaban J connectivity index is 2.65. The van der Waals surface area contributed by atoms with Crippen LogP contribution in [0, 0.1) is 0 Å². The van der Waals surface area contributed by atoms with Gasteiger partial charge in [-0.15, -0.1) is 5.73 Å². The molecule has 1 nitrogen and oxygen atoms in total. The van der Waals surface area contributed by atoms with Gasteiger partial charge in [-0.25, -0.2) is 0 Å². The van der Waals surface area contributed by atoms with E-state index in [-0.39, 0.29) is 0 Å². The minimum absolute atomic E-state index is 0.430. The van der Waals surface area contributed by atoms with E-state index in [0.29, 0.717) is 6.42 Å². The third kappa shape index (κ3) is 2.39. The molecule has 0 saturated heterocycles. The van der Waals surface area contributed by atoms with Crippen molar-refractivity contribution in [2.75, 3.05) is 0 Å². The Morgan fingerprint density at radius 3 is 2.67 bits per heavy atom. The van der Waals surface area contributed by atoms with Gasteiger partial charge in [0, 0.05) is 6.42 Å². The van der Waals surface area contributed by atoms with E-state index in [1.54, 1.807) is 6.08 Å². The fourth-order valence-electron chi connectivity index (χ4n) is 1.01. The molecule has 1 heteroatoms. The molecule has 1 aromatic carbocycles. The molecule has 0 fully saturated rings. The second kappa shape index (κ2) is 4.55. The van der Waals surface area contributed by atoms with Gasteiger partial charge in [0.05, 0.1) is 6.10 Å². The summed E-state index contributed by atoms with van der Waals surface area (Å²) in [6.45, 7) is 3.43. The van der Waals surface area contributed by atoms with E-state index in [2.05, 4.69) is 12.3 Å². The molecule has 0 bridgehead atoms. The van der Waals surface area contributed by atoms with E-state index >= 15 is 0 Å². The highest BCUT2D eigenvalue weighted by Gasteiger charge is 2.02. The van der Waals surface area contributed by atoms with Crippen molar-refractivity contribution in [3.8, 4) is 0 Å². The van der Waals surface area contributed by atoms with Crippen LogP contribution in [0.4, 0.5) is 0 Å². The lowest BCUT2D eigenvalue weighted by Crippen LogP contribution is -1.93. The van der Waals surface area contributed by atoms with Gasteiger partial charge >= 0.3 is 0 Å². The Morgan fingerprint density at radius 1 is 1.42 bits per heavy atom. The molecule has 0 heterocycles. The lowest BCUT2D eigenvalue weighted by atomic mass is 10.1.